The number of fused-ring (bicyclic) bond motifs is 1. The van der Waals surface area contributed by atoms with Crippen LogP contribution in [0.4, 0.5) is 4.39 Å². The Bertz CT molecular complexity index is 1120. The van der Waals surface area contributed by atoms with E-state index in [0.29, 0.717) is 33.0 Å². The SMILES string of the molecule is O=c1cc(-c2ccccc2)n2c(SCc3c(F)cccc3Cl)nnc2[nH]1. The lowest BCUT2D eigenvalue weighted by atomic mass is 10.1. The summed E-state index contributed by atoms with van der Waals surface area (Å²) < 4.78 is 15.7. The highest BCUT2D eigenvalue weighted by Gasteiger charge is 2.15. The molecule has 0 saturated carbocycles. The van der Waals surface area contributed by atoms with E-state index in [-0.39, 0.29) is 11.4 Å². The third kappa shape index (κ3) is 3.11. The summed E-state index contributed by atoms with van der Waals surface area (Å²) in [6.07, 6.45) is 0. The van der Waals surface area contributed by atoms with Crippen molar-refractivity contribution in [1.29, 1.82) is 0 Å². The first-order valence-corrected chi connectivity index (χ1v) is 9.09. The van der Waals surface area contributed by atoms with Crippen molar-refractivity contribution in [2.45, 2.75) is 10.9 Å². The van der Waals surface area contributed by atoms with Crippen LogP contribution < -0.4 is 5.56 Å². The molecule has 5 nitrogen and oxygen atoms in total. The molecule has 4 aromatic rings. The lowest BCUT2D eigenvalue weighted by molar-refractivity contribution is 0.617. The highest BCUT2D eigenvalue weighted by atomic mass is 35.5. The molecule has 2 aromatic carbocycles. The molecule has 26 heavy (non-hydrogen) atoms. The second kappa shape index (κ2) is 6.93. The van der Waals surface area contributed by atoms with Crippen LogP contribution in [-0.2, 0) is 5.75 Å². The molecule has 0 radical (unpaired) electrons. The van der Waals surface area contributed by atoms with Crippen molar-refractivity contribution >= 4 is 29.1 Å². The molecule has 0 amide bonds. The fraction of sp³-hybridized carbons (Fsp3) is 0.0556. The first-order chi connectivity index (χ1) is 12.6. The van der Waals surface area contributed by atoms with Gasteiger partial charge in [0.05, 0.1) is 5.69 Å². The Hall–Kier alpha value is -2.64. The average molecular weight is 387 g/mol. The normalized spacial score (nSPS) is 11.2. The maximum atomic E-state index is 14.0. The van der Waals surface area contributed by atoms with E-state index in [4.69, 9.17) is 11.6 Å². The van der Waals surface area contributed by atoms with Crippen molar-refractivity contribution in [1.82, 2.24) is 19.6 Å². The van der Waals surface area contributed by atoms with Crippen molar-refractivity contribution in [2.24, 2.45) is 0 Å². The largest absolute Gasteiger partial charge is 0.291 e. The van der Waals surface area contributed by atoms with Gasteiger partial charge in [-0.25, -0.2) is 4.39 Å². The third-order valence-electron chi connectivity index (χ3n) is 3.85. The molecular formula is C18H12ClFN4OS. The monoisotopic (exact) mass is 386 g/mol. The predicted molar refractivity (Wildman–Crippen MR) is 100 cm³/mol. The van der Waals surface area contributed by atoms with Gasteiger partial charge >= 0.3 is 0 Å². The minimum Gasteiger partial charge on any atom is -0.291 e. The second-order valence-electron chi connectivity index (χ2n) is 5.52. The van der Waals surface area contributed by atoms with Gasteiger partial charge < -0.3 is 0 Å². The summed E-state index contributed by atoms with van der Waals surface area (Å²) in [5.41, 5.74) is 1.66. The highest BCUT2D eigenvalue weighted by Crippen LogP contribution is 2.29. The van der Waals surface area contributed by atoms with Crippen molar-refractivity contribution in [3.05, 3.63) is 81.4 Å². The van der Waals surface area contributed by atoms with Crippen LogP contribution in [0.1, 0.15) is 5.56 Å². The van der Waals surface area contributed by atoms with Crippen LogP contribution in [0.3, 0.4) is 0 Å². The molecule has 2 aromatic heterocycles. The van der Waals surface area contributed by atoms with Gasteiger partial charge in [0.1, 0.15) is 5.82 Å². The molecule has 1 N–H and O–H groups in total. The van der Waals surface area contributed by atoms with Crippen LogP contribution in [0.5, 0.6) is 0 Å². The van der Waals surface area contributed by atoms with Crippen molar-refractivity contribution in [3.63, 3.8) is 0 Å². The van der Waals surface area contributed by atoms with Gasteiger partial charge in [-0.2, -0.15) is 0 Å². The van der Waals surface area contributed by atoms with Gasteiger partial charge in [0.25, 0.3) is 5.56 Å². The van der Waals surface area contributed by atoms with Crippen LogP contribution in [0.15, 0.2) is 64.5 Å². The van der Waals surface area contributed by atoms with E-state index in [1.165, 1.54) is 23.9 Å². The van der Waals surface area contributed by atoms with Crippen molar-refractivity contribution in [3.8, 4) is 11.3 Å². The van der Waals surface area contributed by atoms with E-state index in [1.54, 1.807) is 16.5 Å². The van der Waals surface area contributed by atoms with E-state index < -0.39 is 0 Å². The summed E-state index contributed by atoms with van der Waals surface area (Å²) in [6, 6.07) is 15.5. The van der Waals surface area contributed by atoms with Gasteiger partial charge in [0.2, 0.25) is 5.78 Å². The summed E-state index contributed by atoms with van der Waals surface area (Å²) in [7, 11) is 0. The van der Waals surface area contributed by atoms with E-state index in [0.717, 1.165) is 5.56 Å². The molecule has 0 aliphatic heterocycles. The molecule has 0 bridgehead atoms. The Balaban J connectivity index is 1.78. The Kier molecular flexibility index (Phi) is 4.48. The van der Waals surface area contributed by atoms with Gasteiger partial charge in [0.15, 0.2) is 5.16 Å². The number of benzene rings is 2. The molecule has 0 spiro atoms. The number of aromatic nitrogens is 4. The Morgan fingerprint density at radius 2 is 1.92 bits per heavy atom. The zero-order valence-electron chi connectivity index (χ0n) is 13.3. The molecule has 0 aliphatic rings. The van der Waals surface area contributed by atoms with Crippen LogP contribution in [-0.4, -0.2) is 19.6 Å². The average Bonchev–Trinajstić information content (AvgIpc) is 3.04. The summed E-state index contributed by atoms with van der Waals surface area (Å²) in [5.74, 6) is 0.258. The topological polar surface area (TPSA) is 63.1 Å². The molecule has 0 saturated heterocycles. The van der Waals surface area contributed by atoms with Crippen LogP contribution in [0, 0.1) is 5.82 Å². The molecular weight excluding hydrogens is 375 g/mol. The molecule has 0 aliphatic carbocycles. The standard InChI is InChI=1S/C18H12ClFN4OS/c19-13-7-4-8-14(20)12(13)10-26-18-23-22-17-21-16(25)9-15(24(17)18)11-5-2-1-3-6-11/h1-9H,10H2,(H,21,22,25). The van der Waals surface area contributed by atoms with Crippen LogP contribution in [0.25, 0.3) is 17.0 Å². The minimum atomic E-state index is -0.365. The summed E-state index contributed by atoms with van der Waals surface area (Å²) in [5, 5.41) is 9.07. The number of hydrogen-bond acceptors (Lipinski definition) is 4. The summed E-state index contributed by atoms with van der Waals surface area (Å²) in [4.78, 5) is 14.6. The maximum Gasteiger partial charge on any atom is 0.252 e. The molecule has 130 valence electrons. The van der Waals surface area contributed by atoms with E-state index in [9.17, 15) is 9.18 Å². The molecule has 8 heteroatoms. The van der Waals surface area contributed by atoms with E-state index in [1.807, 2.05) is 30.3 Å². The Morgan fingerprint density at radius 3 is 2.69 bits per heavy atom. The second-order valence-corrected chi connectivity index (χ2v) is 6.87. The van der Waals surface area contributed by atoms with Gasteiger partial charge in [0, 0.05) is 22.4 Å². The zero-order valence-corrected chi connectivity index (χ0v) is 14.9. The predicted octanol–water partition coefficient (Wildman–Crippen LogP) is 4.17. The number of hydrogen-bond donors (Lipinski definition) is 1. The number of halogens is 2. The van der Waals surface area contributed by atoms with Gasteiger partial charge in [-0.05, 0) is 17.7 Å². The number of thioether (sulfide) groups is 1. The quantitative estimate of drug-likeness (QED) is 0.535. The molecule has 0 atom stereocenters. The lowest BCUT2D eigenvalue weighted by Crippen LogP contribution is -2.09. The molecule has 0 unspecified atom stereocenters. The maximum absolute atomic E-state index is 14.0. The van der Waals surface area contributed by atoms with Crippen LogP contribution >= 0.6 is 23.4 Å². The Labute approximate surface area is 156 Å². The van der Waals surface area contributed by atoms with Gasteiger partial charge in [-0.15, -0.1) is 10.2 Å². The smallest absolute Gasteiger partial charge is 0.252 e. The van der Waals surface area contributed by atoms with Crippen LogP contribution in [0.2, 0.25) is 5.02 Å². The zero-order chi connectivity index (χ0) is 18.1. The first-order valence-electron chi connectivity index (χ1n) is 7.73. The highest BCUT2D eigenvalue weighted by molar-refractivity contribution is 7.98. The Morgan fingerprint density at radius 1 is 1.12 bits per heavy atom. The van der Waals surface area contributed by atoms with Gasteiger partial charge in [-0.1, -0.05) is 59.8 Å². The summed E-state index contributed by atoms with van der Waals surface area (Å²) in [6.45, 7) is 0. The number of aromatic amines is 1. The number of rotatable bonds is 4. The lowest BCUT2D eigenvalue weighted by Gasteiger charge is -2.08. The fourth-order valence-corrected chi connectivity index (χ4v) is 3.91. The molecule has 4 rings (SSSR count). The van der Waals surface area contributed by atoms with Crippen molar-refractivity contribution in [2.75, 3.05) is 0 Å². The molecule has 0 fully saturated rings. The number of nitrogens with zero attached hydrogens (tertiary/aromatic N) is 3. The minimum absolute atomic E-state index is 0.266. The van der Waals surface area contributed by atoms with E-state index in [2.05, 4.69) is 15.2 Å². The number of nitrogens with one attached hydrogen (secondary N) is 1. The third-order valence-corrected chi connectivity index (χ3v) is 5.16. The summed E-state index contributed by atoms with van der Waals surface area (Å²) >= 11 is 7.39. The fourth-order valence-electron chi connectivity index (χ4n) is 2.62. The first kappa shape index (κ1) is 16.8. The molecule has 2 heterocycles. The number of H-pyrrole nitrogens is 1. The van der Waals surface area contributed by atoms with Gasteiger partial charge in [-0.3, -0.25) is 14.2 Å². The van der Waals surface area contributed by atoms with E-state index >= 15 is 0 Å². The van der Waals surface area contributed by atoms with Crippen molar-refractivity contribution < 1.29 is 4.39 Å².